The highest BCUT2D eigenvalue weighted by atomic mass is 32.2. The number of hydrogen-bond donors (Lipinski definition) is 1. The van der Waals surface area contributed by atoms with Crippen LogP contribution in [-0.2, 0) is 9.47 Å². The van der Waals surface area contributed by atoms with E-state index in [1.54, 1.807) is 0 Å². The zero-order valence-electron chi connectivity index (χ0n) is 10.1. The summed E-state index contributed by atoms with van der Waals surface area (Å²) in [6, 6.07) is 0.687. The lowest BCUT2D eigenvalue weighted by molar-refractivity contribution is 0.0786. The van der Waals surface area contributed by atoms with Crippen molar-refractivity contribution in [2.75, 3.05) is 32.1 Å². The Labute approximate surface area is 103 Å². The van der Waals surface area contributed by atoms with Crippen molar-refractivity contribution in [1.29, 1.82) is 0 Å². The molecule has 0 aromatic heterocycles. The largest absolute Gasteiger partial charge is 0.381 e. The molecule has 0 saturated carbocycles. The molecule has 0 radical (unpaired) electrons. The van der Waals surface area contributed by atoms with Gasteiger partial charge in [-0.2, -0.15) is 11.8 Å². The van der Waals surface area contributed by atoms with Crippen molar-refractivity contribution in [2.24, 2.45) is 0 Å². The standard InChI is InChI=1S/C12H23NO2S/c1-10-12(4-8-15-10)16-9-5-13-11-2-6-14-7-3-11/h10-13H,2-9H2,1H3. The normalized spacial score (nSPS) is 32.1. The first-order chi connectivity index (χ1) is 7.86. The highest BCUT2D eigenvalue weighted by Gasteiger charge is 2.24. The summed E-state index contributed by atoms with van der Waals surface area (Å²) >= 11 is 2.06. The molecule has 2 rings (SSSR count). The van der Waals surface area contributed by atoms with Crippen LogP contribution in [0.5, 0.6) is 0 Å². The molecule has 2 atom stereocenters. The number of thioether (sulfide) groups is 1. The third kappa shape index (κ3) is 3.91. The van der Waals surface area contributed by atoms with Crippen molar-refractivity contribution in [2.45, 2.75) is 43.6 Å². The molecule has 2 unspecified atom stereocenters. The minimum absolute atomic E-state index is 0.452. The Balaban J connectivity index is 1.51. The highest BCUT2D eigenvalue weighted by Crippen LogP contribution is 2.25. The van der Waals surface area contributed by atoms with Crippen LogP contribution >= 0.6 is 11.8 Å². The van der Waals surface area contributed by atoms with Crippen molar-refractivity contribution < 1.29 is 9.47 Å². The second-order valence-electron chi connectivity index (χ2n) is 4.61. The SMILES string of the molecule is CC1OCCC1SCCNC1CCOCC1. The Kier molecular flexibility index (Phi) is 5.42. The van der Waals surface area contributed by atoms with Gasteiger partial charge in [-0.1, -0.05) is 0 Å². The predicted molar refractivity (Wildman–Crippen MR) is 68.1 cm³/mol. The van der Waals surface area contributed by atoms with Gasteiger partial charge in [-0.3, -0.25) is 0 Å². The third-order valence-corrected chi connectivity index (χ3v) is 4.88. The predicted octanol–water partition coefficient (Wildman–Crippen LogP) is 1.67. The summed E-state index contributed by atoms with van der Waals surface area (Å²) in [6.07, 6.45) is 4.03. The van der Waals surface area contributed by atoms with Gasteiger partial charge in [0.2, 0.25) is 0 Å². The van der Waals surface area contributed by atoms with E-state index < -0.39 is 0 Å². The van der Waals surface area contributed by atoms with Crippen LogP contribution in [0.3, 0.4) is 0 Å². The van der Waals surface area contributed by atoms with Crippen LogP contribution in [0.4, 0.5) is 0 Å². The van der Waals surface area contributed by atoms with Crippen LogP contribution in [0.25, 0.3) is 0 Å². The maximum Gasteiger partial charge on any atom is 0.0666 e. The average molecular weight is 245 g/mol. The van der Waals surface area contributed by atoms with Crippen LogP contribution in [0.15, 0.2) is 0 Å². The lowest BCUT2D eigenvalue weighted by atomic mass is 10.1. The van der Waals surface area contributed by atoms with Gasteiger partial charge >= 0.3 is 0 Å². The second-order valence-corrected chi connectivity index (χ2v) is 5.96. The van der Waals surface area contributed by atoms with Crippen LogP contribution in [0.1, 0.15) is 26.2 Å². The number of rotatable bonds is 5. The summed E-state index contributed by atoms with van der Waals surface area (Å²) in [7, 11) is 0. The van der Waals surface area contributed by atoms with E-state index in [0.29, 0.717) is 12.1 Å². The smallest absolute Gasteiger partial charge is 0.0666 e. The Bertz CT molecular complexity index is 197. The molecule has 0 aromatic carbocycles. The lowest BCUT2D eigenvalue weighted by Crippen LogP contribution is -2.36. The third-order valence-electron chi connectivity index (χ3n) is 3.39. The van der Waals surface area contributed by atoms with Crippen LogP contribution in [-0.4, -0.2) is 49.5 Å². The summed E-state index contributed by atoms with van der Waals surface area (Å²) in [5.41, 5.74) is 0. The summed E-state index contributed by atoms with van der Waals surface area (Å²) in [6.45, 7) is 6.12. The van der Waals surface area contributed by atoms with Crippen LogP contribution in [0.2, 0.25) is 0 Å². The summed E-state index contributed by atoms with van der Waals surface area (Å²) in [4.78, 5) is 0. The van der Waals surface area contributed by atoms with E-state index in [2.05, 4.69) is 24.0 Å². The van der Waals surface area contributed by atoms with Gasteiger partial charge in [0.1, 0.15) is 0 Å². The first kappa shape index (κ1) is 12.7. The van der Waals surface area contributed by atoms with E-state index in [4.69, 9.17) is 9.47 Å². The molecular weight excluding hydrogens is 222 g/mol. The first-order valence-electron chi connectivity index (χ1n) is 6.40. The monoisotopic (exact) mass is 245 g/mol. The molecule has 3 nitrogen and oxygen atoms in total. The molecule has 94 valence electrons. The van der Waals surface area contributed by atoms with Gasteiger partial charge < -0.3 is 14.8 Å². The first-order valence-corrected chi connectivity index (χ1v) is 7.45. The Hall–Kier alpha value is 0.230. The van der Waals surface area contributed by atoms with E-state index in [1.807, 2.05) is 0 Å². The molecule has 0 aliphatic carbocycles. The fourth-order valence-electron chi connectivity index (χ4n) is 2.31. The Morgan fingerprint density at radius 2 is 2.00 bits per heavy atom. The molecule has 4 heteroatoms. The molecule has 2 heterocycles. The zero-order valence-corrected chi connectivity index (χ0v) is 10.9. The van der Waals surface area contributed by atoms with Crippen molar-refractivity contribution in [3.63, 3.8) is 0 Å². The summed E-state index contributed by atoms with van der Waals surface area (Å²) < 4.78 is 10.9. The summed E-state index contributed by atoms with van der Waals surface area (Å²) in [5, 5.41) is 4.34. The molecule has 0 spiro atoms. The van der Waals surface area contributed by atoms with Crippen LogP contribution < -0.4 is 5.32 Å². The summed E-state index contributed by atoms with van der Waals surface area (Å²) in [5.74, 6) is 1.20. The highest BCUT2D eigenvalue weighted by molar-refractivity contribution is 8.00. The fraction of sp³-hybridized carbons (Fsp3) is 1.00. The number of nitrogens with one attached hydrogen (secondary N) is 1. The van der Waals surface area contributed by atoms with Gasteiger partial charge in [-0.05, 0) is 26.2 Å². The van der Waals surface area contributed by atoms with E-state index in [1.165, 1.54) is 25.0 Å². The van der Waals surface area contributed by atoms with Crippen molar-refractivity contribution in [1.82, 2.24) is 5.32 Å². The maximum atomic E-state index is 5.55. The topological polar surface area (TPSA) is 30.5 Å². The van der Waals surface area contributed by atoms with Crippen molar-refractivity contribution in [3.05, 3.63) is 0 Å². The molecule has 1 N–H and O–H groups in total. The quantitative estimate of drug-likeness (QED) is 0.746. The molecule has 16 heavy (non-hydrogen) atoms. The maximum absolute atomic E-state index is 5.55. The number of ether oxygens (including phenoxy) is 2. The second kappa shape index (κ2) is 6.84. The van der Waals surface area contributed by atoms with Gasteiger partial charge in [0.15, 0.2) is 0 Å². The van der Waals surface area contributed by atoms with Gasteiger partial charge in [0.25, 0.3) is 0 Å². The molecule has 0 bridgehead atoms. The van der Waals surface area contributed by atoms with Gasteiger partial charge in [-0.15, -0.1) is 0 Å². The molecule has 0 aromatic rings. The van der Waals surface area contributed by atoms with Crippen LogP contribution in [0, 0.1) is 0 Å². The average Bonchev–Trinajstić information content (AvgIpc) is 2.72. The Morgan fingerprint density at radius 3 is 2.69 bits per heavy atom. The molecule has 2 saturated heterocycles. The van der Waals surface area contributed by atoms with Gasteiger partial charge in [0.05, 0.1) is 6.10 Å². The lowest BCUT2D eigenvalue weighted by Gasteiger charge is -2.23. The molecule has 2 aliphatic heterocycles. The molecule has 2 fully saturated rings. The number of hydrogen-bond acceptors (Lipinski definition) is 4. The van der Waals surface area contributed by atoms with Gasteiger partial charge in [-0.25, -0.2) is 0 Å². The fourth-order valence-corrected chi connectivity index (χ4v) is 3.46. The van der Waals surface area contributed by atoms with E-state index in [9.17, 15) is 0 Å². The zero-order chi connectivity index (χ0) is 11.2. The molecule has 0 amide bonds. The van der Waals surface area contributed by atoms with E-state index in [-0.39, 0.29) is 0 Å². The minimum Gasteiger partial charge on any atom is -0.381 e. The van der Waals surface area contributed by atoms with Crippen molar-refractivity contribution >= 4 is 11.8 Å². The van der Waals surface area contributed by atoms with E-state index >= 15 is 0 Å². The molecular formula is C12H23NO2S. The Morgan fingerprint density at radius 1 is 1.19 bits per heavy atom. The van der Waals surface area contributed by atoms with Crippen molar-refractivity contribution in [3.8, 4) is 0 Å². The van der Waals surface area contributed by atoms with Gasteiger partial charge in [0, 0.05) is 43.4 Å². The molecule has 2 aliphatic rings. The van der Waals surface area contributed by atoms with E-state index in [0.717, 1.165) is 31.6 Å². The minimum atomic E-state index is 0.452.